The van der Waals surface area contributed by atoms with Gasteiger partial charge in [-0.2, -0.15) is 0 Å². The van der Waals surface area contributed by atoms with E-state index in [9.17, 15) is 4.79 Å². The van der Waals surface area contributed by atoms with E-state index in [0.29, 0.717) is 36.6 Å². The Balaban J connectivity index is 2.31. The van der Waals surface area contributed by atoms with Gasteiger partial charge in [0.05, 0.1) is 14.2 Å². The van der Waals surface area contributed by atoms with Gasteiger partial charge in [0.15, 0.2) is 11.5 Å². The third-order valence-corrected chi connectivity index (χ3v) is 3.99. The van der Waals surface area contributed by atoms with E-state index in [0.717, 1.165) is 18.4 Å². The van der Waals surface area contributed by atoms with Gasteiger partial charge >= 0.3 is 0 Å². The standard InChI is InChI=1S/C17H24N2O3/c1-4-5-12-10-13(11-15(21-2)16(12)22-3)17(20)19-8-6-14(18)7-9-19/h4,10-11,14H,1,5-9,18H2,2-3H3. The number of ether oxygens (including phenoxy) is 2. The molecule has 120 valence electrons. The molecule has 1 aliphatic heterocycles. The van der Waals surface area contributed by atoms with Gasteiger partial charge in [-0.3, -0.25) is 4.79 Å². The number of piperidine rings is 1. The third-order valence-electron chi connectivity index (χ3n) is 3.99. The highest BCUT2D eigenvalue weighted by molar-refractivity contribution is 5.95. The van der Waals surface area contributed by atoms with E-state index in [1.165, 1.54) is 0 Å². The van der Waals surface area contributed by atoms with E-state index in [1.807, 2.05) is 11.0 Å². The van der Waals surface area contributed by atoms with Gasteiger partial charge < -0.3 is 20.1 Å². The highest BCUT2D eigenvalue weighted by Gasteiger charge is 2.23. The molecule has 1 amide bonds. The lowest BCUT2D eigenvalue weighted by Gasteiger charge is -2.30. The van der Waals surface area contributed by atoms with E-state index in [2.05, 4.69) is 6.58 Å². The number of nitrogens with two attached hydrogens (primary N) is 1. The number of allylic oxidation sites excluding steroid dienone is 1. The largest absolute Gasteiger partial charge is 0.493 e. The van der Waals surface area contributed by atoms with Crippen molar-refractivity contribution >= 4 is 5.91 Å². The second-order valence-corrected chi connectivity index (χ2v) is 5.49. The number of hydrogen-bond donors (Lipinski definition) is 1. The van der Waals surface area contributed by atoms with Gasteiger partial charge in [-0.25, -0.2) is 0 Å². The highest BCUT2D eigenvalue weighted by Crippen LogP contribution is 2.33. The second kappa shape index (κ2) is 7.31. The number of benzene rings is 1. The van der Waals surface area contributed by atoms with Gasteiger partial charge in [-0.05, 0) is 31.4 Å². The molecule has 0 saturated carbocycles. The fourth-order valence-electron chi connectivity index (χ4n) is 2.76. The molecule has 0 bridgehead atoms. The Labute approximate surface area is 131 Å². The van der Waals surface area contributed by atoms with Gasteiger partial charge in [0.1, 0.15) is 0 Å². The van der Waals surface area contributed by atoms with E-state index >= 15 is 0 Å². The molecule has 1 aliphatic rings. The molecule has 2 N–H and O–H groups in total. The molecule has 5 heteroatoms. The van der Waals surface area contributed by atoms with Crippen molar-refractivity contribution in [3.05, 3.63) is 35.9 Å². The minimum absolute atomic E-state index is 0.0122. The van der Waals surface area contributed by atoms with Crippen molar-refractivity contribution in [1.29, 1.82) is 0 Å². The topological polar surface area (TPSA) is 64.8 Å². The molecule has 1 heterocycles. The number of carbonyl (C=O) groups is 1. The summed E-state index contributed by atoms with van der Waals surface area (Å²) in [6.45, 7) is 5.15. The van der Waals surface area contributed by atoms with Gasteiger partial charge in [0.25, 0.3) is 5.91 Å². The molecule has 0 unspecified atom stereocenters. The smallest absolute Gasteiger partial charge is 0.254 e. The minimum Gasteiger partial charge on any atom is -0.493 e. The van der Waals surface area contributed by atoms with Gasteiger partial charge in [-0.1, -0.05) is 6.08 Å². The SMILES string of the molecule is C=CCc1cc(C(=O)N2CCC(N)CC2)cc(OC)c1OC. The molecule has 0 spiro atoms. The lowest BCUT2D eigenvalue weighted by molar-refractivity contribution is 0.0714. The van der Waals surface area contributed by atoms with Gasteiger partial charge in [0, 0.05) is 30.3 Å². The highest BCUT2D eigenvalue weighted by atomic mass is 16.5. The summed E-state index contributed by atoms with van der Waals surface area (Å²) in [7, 11) is 3.17. The predicted molar refractivity (Wildman–Crippen MR) is 86.6 cm³/mol. The molecule has 1 aromatic carbocycles. The van der Waals surface area contributed by atoms with Crippen LogP contribution in [0.5, 0.6) is 11.5 Å². The monoisotopic (exact) mass is 304 g/mol. The zero-order valence-electron chi connectivity index (χ0n) is 13.3. The molecular formula is C17H24N2O3. The van der Waals surface area contributed by atoms with Crippen LogP contribution in [0.3, 0.4) is 0 Å². The zero-order valence-corrected chi connectivity index (χ0v) is 13.3. The summed E-state index contributed by atoms with van der Waals surface area (Å²) in [5.41, 5.74) is 7.41. The lowest BCUT2D eigenvalue weighted by atomic mass is 10.0. The summed E-state index contributed by atoms with van der Waals surface area (Å²) in [6, 6.07) is 3.80. The van der Waals surface area contributed by atoms with Crippen molar-refractivity contribution in [3.8, 4) is 11.5 Å². The molecular weight excluding hydrogens is 280 g/mol. The molecule has 0 aromatic heterocycles. The predicted octanol–water partition coefficient (Wildman–Crippen LogP) is 2.00. The molecule has 1 fully saturated rings. The van der Waals surface area contributed by atoms with Crippen LogP contribution in [-0.4, -0.2) is 44.2 Å². The van der Waals surface area contributed by atoms with Crippen LogP contribution in [0, 0.1) is 0 Å². The number of carbonyl (C=O) groups excluding carboxylic acids is 1. The maximum Gasteiger partial charge on any atom is 0.254 e. The van der Waals surface area contributed by atoms with E-state index < -0.39 is 0 Å². The van der Waals surface area contributed by atoms with E-state index in [1.54, 1.807) is 26.4 Å². The maximum atomic E-state index is 12.7. The van der Waals surface area contributed by atoms with Crippen molar-refractivity contribution in [1.82, 2.24) is 4.90 Å². The fraction of sp³-hybridized carbons (Fsp3) is 0.471. The second-order valence-electron chi connectivity index (χ2n) is 5.49. The lowest BCUT2D eigenvalue weighted by Crippen LogP contribution is -2.42. The van der Waals surface area contributed by atoms with Crippen molar-refractivity contribution in [3.63, 3.8) is 0 Å². The fourth-order valence-corrected chi connectivity index (χ4v) is 2.76. The van der Waals surface area contributed by atoms with Crippen LogP contribution >= 0.6 is 0 Å². The van der Waals surface area contributed by atoms with E-state index in [4.69, 9.17) is 15.2 Å². The molecule has 22 heavy (non-hydrogen) atoms. The number of methoxy groups -OCH3 is 2. The van der Waals surface area contributed by atoms with Crippen molar-refractivity contribution in [2.24, 2.45) is 5.73 Å². The van der Waals surface area contributed by atoms with Crippen molar-refractivity contribution in [2.45, 2.75) is 25.3 Å². The number of hydrogen-bond acceptors (Lipinski definition) is 4. The minimum atomic E-state index is 0.0122. The first kappa shape index (κ1) is 16.4. The Morgan fingerprint density at radius 3 is 2.59 bits per heavy atom. The molecule has 0 radical (unpaired) electrons. The molecule has 5 nitrogen and oxygen atoms in total. The Hall–Kier alpha value is -2.01. The first-order chi connectivity index (χ1) is 10.6. The first-order valence-electron chi connectivity index (χ1n) is 7.51. The van der Waals surface area contributed by atoms with Gasteiger partial charge in [0.2, 0.25) is 0 Å². The maximum absolute atomic E-state index is 12.7. The number of amides is 1. The van der Waals surface area contributed by atoms with Crippen LogP contribution in [0.1, 0.15) is 28.8 Å². The van der Waals surface area contributed by atoms with Crippen molar-refractivity contribution < 1.29 is 14.3 Å². The summed E-state index contributed by atoms with van der Waals surface area (Å²) in [6.07, 6.45) is 4.09. The summed E-state index contributed by atoms with van der Waals surface area (Å²) in [5, 5.41) is 0. The third kappa shape index (κ3) is 3.42. The van der Waals surface area contributed by atoms with Crippen LogP contribution in [0.15, 0.2) is 24.8 Å². The van der Waals surface area contributed by atoms with Crippen LogP contribution < -0.4 is 15.2 Å². The van der Waals surface area contributed by atoms with E-state index in [-0.39, 0.29) is 11.9 Å². The van der Waals surface area contributed by atoms with Crippen LogP contribution in [0.4, 0.5) is 0 Å². The van der Waals surface area contributed by atoms with Crippen LogP contribution in [0.25, 0.3) is 0 Å². The Kier molecular flexibility index (Phi) is 5.44. The molecule has 1 aromatic rings. The van der Waals surface area contributed by atoms with Crippen LogP contribution in [0.2, 0.25) is 0 Å². The Morgan fingerprint density at radius 2 is 2.05 bits per heavy atom. The van der Waals surface area contributed by atoms with Gasteiger partial charge in [-0.15, -0.1) is 6.58 Å². The Bertz CT molecular complexity index is 549. The molecule has 2 rings (SSSR count). The quantitative estimate of drug-likeness (QED) is 0.845. The number of nitrogens with zero attached hydrogens (tertiary/aromatic N) is 1. The Morgan fingerprint density at radius 1 is 1.36 bits per heavy atom. The molecule has 1 saturated heterocycles. The molecule has 0 atom stereocenters. The average Bonchev–Trinajstić information content (AvgIpc) is 2.54. The van der Waals surface area contributed by atoms with Crippen LogP contribution in [-0.2, 0) is 6.42 Å². The molecule has 0 aliphatic carbocycles. The number of likely N-dealkylation sites (tertiary alicyclic amines) is 1. The van der Waals surface area contributed by atoms with Crippen molar-refractivity contribution in [2.75, 3.05) is 27.3 Å². The normalized spacial score (nSPS) is 15.5. The summed E-state index contributed by atoms with van der Waals surface area (Å²) in [4.78, 5) is 14.5. The summed E-state index contributed by atoms with van der Waals surface area (Å²) < 4.78 is 10.8. The summed E-state index contributed by atoms with van der Waals surface area (Å²) >= 11 is 0. The summed E-state index contributed by atoms with van der Waals surface area (Å²) in [5.74, 6) is 1.23. The zero-order chi connectivity index (χ0) is 16.1. The average molecular weight is 304 g/mol. The number of rotatable bonds is 5. The first-order valence-corrected chi connectivity index (χ1v) is 7.51.